The Labute approximate surface area is 143 Å². The molecule has 0 fully saturated rings. The number of nitrogens with one attached hydrogen (secondary N) is 1. The molecule has 0 amide bonds. The Morgan fingerprint density at radius 3 is 1.92 bits per heavy atom. The van der Waals surface area contributed by atoms with Gasteiger partial charge in [-0.05, 0) is 42.7 Å². The van der Waals surface area contributed by atoms with Crippen molar-refractivity contribution < 1.29 is 16.8 Å². The second-order valence-corrected chi connectivity index (χ2v) is 9.22. The Balaban J connectivity index is 2.33. The third kappa shape index (κ3) is 4.03. The molecule has 0 saturated heterocycles. The van der Waals surface area contributed by atoms with Crippen LogP contribution in [0.5, 0.6) is 0 Å². The lowest BCUT2D eigenvalue weighted by Gasteiger charge is -2.18. The van der Waals surface area contributed by atoms with Crippen molar-refractivity contribution in [2.24, 2.45) is 0 Å². The summed E-state index contributed by atoms with van der Waals surface area (Å²) in [5.41, 5.74) is 1.02. The van der Waals surface area contributed by atoms with Crippen LogP contribution in [0.3, 0.4) is 0 Å². The molecular formula is C17H21NO4S2. The summed E-state index contributed by atoms with van der Waals surface area (Å²) in [5, 5.41) is -1.21. The number of sulfonamides is 1. The summed E-state index contributed by atoms with van der Waals surface area (Å²) in [6.45, 7) is 3.61. The van der Waals surface area contributed by atoms with Crippen LogP contribution in [0.15, 0.2) is 64.4 Å². The third-order valence-electron chi connectivity index (χ3n) is 3.75. The van der Waals surface area contributed by atoms with Gasteiger partial charge in [-0.15, -0.1) is 0 Å². The van der Waals surface area contributed by atoms with Crippen molar-refractivity contribution in [3.8, 4) is 0 Å². The van der Waals surface area contributed by atoms with Gasteiger partial charge in [0.15, 0.2) is 9.84 Å². The number of aryl methyl sites for hydroxylation is 1. The summed E-state index contributed by atoms with van der Waals surface area (Å²) < 4.78 is 52.6. The monoisotopic (exact) mass is 367 g/mol. The van der Waals surface area contributed by atoms with Crippen molar-refractivity contribution in [3.05, 3.63) is 60.2 Å². The number of benzene rings is 2. The minimum absolute atomic E-state index is 0.0416. The zero-order valence-electron chi connectivity index (χ0n) is 13.6. The lowest BCUT2D eigenvalue weighted by molar-refractivity contribution is 0.549. The number of hydrogen-bond donors (Lipinski definition) is 1. The zero-order chi connectivity index (χ0) is 17.8. The van der Waals surface area contributed by atoms with Gasteiger partial charge in [0.1, 0.15) is 5.37 Å². The molecular weight excluding hydrogens is 346 g/mol. The van der Waals surface area contributed by atoms with Gasteiger partial charge in [0.25, 0.3) is 0 Å². The summed E-state index contributed by atoms with van der Waals surface area (Å²) in [5.74, 6) is 0. The van der Waals surface area contributed by atoms with Crippen LogP contribution in [0, 0.1) is 0 Å². The molecule has 130 valence electrons. The Hall–Kier alpha value is -1.70. The average Bonchev–Trinajstić information content (AvgIpc) is 2.60. The summed E-state index contributed by atoms with van der Waals surface area (Å²) in [6.07, 6.45) is 0.933. The zero-order valence-corrected chi connectivity index (χ0v) is 15.3. The van der Waals surface area contributed by atoms with E-state index in [1.165, 1.54) is 24.3 Å². The molecule has 0 saturated carbocycles. The summed E-state index contributed by atoms with van der Waals surface area (Å²) >= 11 is 0. The highest BCUT2D eigenvalue weighted by Crippen LogP contribution is 2.20. The van der Waals surface area contributed by atoms with E-state index in [-0.39, 0.29) is 16.2 Å². The van der Waals surface area contributed by atoms with Crippen molar-refractivity contribution >= 4 is 19.9 Å². The molecule has 0 bridgehead atoms. The molecule has 2 rings (SSSR count). The van der Waals surface area contributed by atoms with Gasteiger partial charge in [0.2, 0.25) is 10.0 Å². The number of rotatable bonds is 7. The van der Waals surface area contributed by atoms with E-state index in [4.69, 9.17) is 0 Å². The van der Waals surface area contributed by atoms with Crippen LogP contribution in [0.2, 0.25) is 0 Å². The molecule has 7 heteroatoms. The van der Waals surface area contributed by atoms with E-state index in [0.717, 1.165) is 12.0 Å². The average molecular weight is 367 g/mol. The van der Waals surface area contributed by atoms with Crippen LogP contribution in [-0.4, -0.2) is 22.2 Å². The number of hydrogen-bond acceptors (Lipinski definition) is 4. The molecule has 5 nitrogen and oxygen atoms in total. The second kappa shape index (κ2) is 7.46. The summed E-state index contributed by atoms with van der Waals surface area (Å²) in [7, 11) is -7.71. The van der Waals surface area contributed by atoms with Gasteiger partial charge < -0.3 is 0 Å². The van der Waals surface area contributed by atoms with Crippen LogP contribution in [0.1, 0.15) is 25.8 Å². The molecule has 2 aromatic carbocycles. The Bertz CT molecular complexity index is 874. The molecule has 24 heavy (non-hydrogen) atoms. The molecule has 0 aromatic heterocycles. The highest BCUT2D eigenvalue weighted by atomic mass is 32.2. The first-order chi connectivity index (χ1) is 11.3. The van der Waals surface area contributed by atoms with Gasteiger partial charge in [-0.1, -0.05) is 44.2 Å². The SMILES string of the molecule is CCc1ccc(S(=O)(=O)C(CC)NS(=O)(=O)c2ccccc2)cc1. The predicted molar refractivity (Wildman–Crippen MR) is 93.8 cm³/mol. The lowest BCUT2D eigenvalue weighted by atomic mass is 10.2. The van der Waals surface area contributed by atoms with Gasteiger partial charge >= 0.3 is 0 Å². The molecule has 1 N–H and O–H groups in total. The molecule has 0 spiro atoms. The van der Waals surface area contributed by atoms with E-state index in [2.05, 4.69) is 4.72 Å². The Morgan fingerprint density at radius 2 is 1.42 bits per heavy atom. The van der Waals surface area contributed by atoms with E-state index in [9.17, 15) is 16.8 Å². The van der Waals surface area contributed by atoms with Crippen molar-refractivity contribution in [3.63, 3.8) is 0 Å². The molecule has 0 aliphatic heterocycles. The van der Waals surface area contributed by atoms with Crippen LogP contribution in [-0.2, 0) is 26.3 Å². The van der Waals surface area contributed by atoms with Crippen molar-refractivity contribution in [1.82, 2.24) is 4.72 Å². The Morgan fingerprint density at radius 1 is 0.833 bits per heavy atom. The van der Waals surface area contributed by atoms with Crippen LogP contribution in [0.25, 0.3) is 0 Å². The molecule has 0 aliphatic carbocycles. The fraction of sp³-hybridized carbons (Fsp3) is 0.294. The first-order valence-corrected chi connectivity index (χ1v) is 10.7. The first kappa shape index (κ1) is 18.6. The normalized spacial score (nSPS) is 13.6. The van der Waals surface area contributed by atoms with Crippen LogP contribution in [0.4, 0.5) is 0 Å². The highest BCUT2D eigenvalue weighted by Gasteiger charge is 2.30. The molecule has 0 radical (unpaired) electrons. The van der Waals surface area contributed by atoms with E-state index >= 15 is 0 Å². The molecule has 1 unspecified atom stereocenters. The van der Waals surface area contributed by atoms with Crippen LogP contribution >= 0.6 is 0 Å². The van der Waals surface area contributed by atoms with E-state index in [1.54, 1.807) is 37.3 Å². The maximum atomic E-state index is 12.7. The minimum atomic E-state index is -3.90. The molecule has 0 aliphatic rings. The maximum absolute atomic E-state index is 12.7. The highest BCUT2D eigenvalue weighted by molar-refractivity contribution is 7.94. The molecule has 0 heterocycles. The fourth-order valence-electron chi connectivity index (χ4n) is 2.29. The predicted octanol–water partition coefficient (Wildman–Crippen LogP) is 2.74. The van der Waals surface area contributed by atoms with Gasteiger partial charge in [0.05, 0.1) is 9.79 Å². The first-order valence-electron chi connectivity index (χ1n) is 7.71. The third-order valence-corrected chi connectivity index (χ3v) is 7.51. The van der Waals surface area contributed by atoms with Gasteiger partial charge in [-0.25, -0.2) is 16.8 Å². The smallest absolute Gasteiger partial charge is 0.222 e. The quantitative estimate of drug-likeness (QED) is 0.816. The lowest BCUT2D eigenvalue weighted by Crippen LogP contribution is -2.40. The number of sulfone groups is 1. The van der Waals surface area contributed by atoms with E-state index in [1.807, 2.05) is 6.92 Å². The van der Waals surface area contributed by atoms with Crippen LogP contribution < -0.4 is 4.72 Å². The maximum Gasteiger partial charge on any atom is 0.241 e. The summed E-state index contributed by atoms with van der Waals surface area (Å²) in [4.78, 5) is 0.155. The van der Waals surface area contributed by atoms with Gasteiger partial charge in [-0.2, -0.15) is 4.72 Å². The standard InChI is InChI=1S/C17H21NO4S2/c1-3-14-10-12-15(13-11-14)23(19,20)17(4-2)18-24(21,22)16-8-6-5-7-9-16/h5-13,17-18H,3-4H2,1-2H3. The largest absolute Gasteiger partial charge is 0.241 e. The minimum Gasteiger partial charge on any atom is -0.222 e. The van der Waals surface area contributed by atoms with E-state index < -0.39 is 25.2 Å². The molecule has 1 atom stereocenters. The Kier molecular flexibility index (Phi) is 5.79. The van der Waals surface area contributed by atoms with Gasteiger partial charge in [-0.3, -0.25) is 0 Å². The fourth-order valence-corrected chi connectivity index (χ4v) is 5.62. The summed E-state index contributed by atoms with van der Waals surface area (Å²) in [6, 6.07) is 14.3. The van der Waals surface area contributed by atoms with E-state index in [0.29, 0.717) is 0 Å². The van der Waals surface area contributed by atoms with Crippen molar-refractivity contribution in [1.29, 1.82) is 0 Å². The topological polar surface area (TPSA) is 80.3 Å². The molecule has 2 aromatic rings. The van der Waals surface area contributed by atoms with Gasteiger partial charge in [0, 0.05) is 0 Å². The van der Waals surface area contributed by atoms with Crippen molar-refractivity contribution in [2.45, 2.75) is 41.9 Å². The second-order valence-electron chi connectivity index (χ2n) is 5.37. The van der Waals surface area contributed by atoms with Crippen molar-refractivity contribution in [2.75, 3.05) is 0 Å².